The normalized spacial score (nSPS) is 15.8. The fourth-order valence-corrected chi connectivity index (χ4v) is 23.7. The van der Waals surface area contributed by atoms with Crippen LogP contribution >= 0.6 is 22.7 Å². The van der Waals surface area contributed by atoms with E-state index in [9.17, 15) is 31.2 Å². The molecule has 135 heavy (non-hydrogen) atoms. The van der Waals surface area contributed by atoms with Gasteiger partial charge in [-0.15, -0.1) is 22.7 Å². The summed E-state index contributed by atoms with van der Waals surface area (Å²) >= 11 is 2.57. The zero-order valence-electron chi connectivity index (χ0n) is 75.4. The highest BCUT2D eigenvalue weighted by atomic mass is 32.2. The molecule has 35 heteroatoms. The molecule has 4 atom stereocenters. The van der Waals surface area contributed by atoms with Crippen LogP contribution in [0.5, 0.6) is 0 Å². The molecule has 20 rings (SSSR count). The number of hydrogen-bond donors (Lipinski definition) is 5. The Kier molecular flexibility index (Phi) is 28.2. The Hall–Kier alpha value is -13.2. The zero-order valence-corrected chi connectivity index (χ0v) is 79.5. The van der Waals surface area contributed by atoms with Gasteiger partial charge in [-0.1, -0.05) is 78.4 Å². The Balaban J connectivity index is 0.000000135. The Morgan fingerprint density at radius 1 is 0.563 bits per heavy atom. The smallest absolute Gasteiger partial charge is 0.263 e. The first-order valence-electron chi connectivity index (χ1n) is 44.8. The lowest BCUT2D eigenvalue weighted by Crippen LogP contribution is -2.43. The van der Waals surface area contributed by atoms with Crippen LogP contribution in [0.2, 0.25) is 0 Å². The molecule has 0 saturated carbocycles. The van der Waals surface area contributed by atoms with Gasteiger partial charge in [0.15, 0.2) is 5.03 Å². The number of likely N-dealkylation sites (N-methyl/N-ethyl adjacent to an activating group) is 1. The molecule has 4 unspecified atom stereocenters. The van der Waals surface area contributed by atoms with Crippen LogP contribution in [0.25, 0.3) is 61.2 Å². The van der Waals surface area contributed by atoms with Crippen LogP contribution in [0.4, 0.5) is 45.0 Å². The van der Waals surface area contributed by atoms with E-state index in [1.165, 1.54) is 80.8 Å². The lowest BCUT2D eigenvalue weighted by Gasteiger charge is -2.29. The maximum atomic E-state index is 15.7. The third-order valence-corrected chi connectivity index (χ3v) is 31.8. The SMILES string of the molecule is CC1=C(c2cc3cnc(Nc4ccc(C5CCCNC5)cc4)nc3n(Cc3scnc3S(=O)(=O)c3ccccc3)c2=O)CCC1.CN(C)CCS(=O)c1scnc1Cn1c(=O)c(-c2nccn2C)cc2cnc(Nc3ccc(C4CCN(C)C4)cc3)nc21.Cc1ccccc1-c1cc2cnc(Nc3ccc(N4CCNCC4)cc3)nc2n(Cc2c(F)cccc2S(=O)c2ccncc2)c1=O. The van der Waals surface area contributed by atoms with Gasteiger partial charge in [0, 0.05) is 162 Å². The minimum absolute atomic E-state index is 0.0160. The van der Waals surface area contributed by atoms with Crippen LogP contribution in [0.15, 0.2) is 274 Å². The van der Waals surface area contributed by atoms with E-state index in [-0.39, 0.29) is 56.7 Å². The van der Waals surface area contributed by atoms with Gasteiger partial charge in [0.2, 0.25) is 27.7 Å². The first-order chi connectivity index (χ1) is 65.6. The highest BCUT2D eigenvalue weighted by Gasteiger charge is 2.30. The molecule has 3 fully saturated rings. The Labute approximate surface area is 792 Å². The summed E-state index contributed by atoms with van der Waals surface area (Å²) in [6.07, 6.45) is 18.0. The van der Waals surface area contributed by atoms with Gasteiger partial charge >= 0.3 is 0 Å². The number of rotatable bonds is 26. The molecule has 6 aromatic carbocycles. The number of likely N-dealkylation sites (tertiary alicyclic amines) is 1. The van der Waals surface area contributed by atoms with E-state index in [1.54, 1.807) is 119 Å². The minimum Gasteiger partial charge on any atom is -0.369 e. The van der Waals surface area contributed by atoms with Crippen molar-refractivity contribution in [2.24, 2.45) is 7.05 Å². The van der Waals surface area contributed by atoms with Gasteiger partial charge in [-0.25, -0.2) is 46.9 Å². The predicted octanol–water partition coefficient (Wildman–Crippen LogP) is 15.5. The van der Waals surface area contributed by atoms with Crippen molar-refractivity contribution in [3.63, 3.8) is 0 Å². The molecule has 5 N–H and O–H groups in total. The lowest BCUT2D eigenvalue weighted by molar-refractivity contribution is 0.411. The van der Waals surface area contributed by atoms with Crippen LogP contribution < -0.4 is 48.2 Å². The van der Waals surface area contributed by atoms with Crippen molar-refractivity contribution in [3.8, 4) is 22.5 Å². The molecule has 0 spiro atoms. The second-order valence-corrected chi connectivity index (χ2v) is 41.1. The minimum atomic E-state index is -3.88. The molecule has 0 radical (unpaired) electrons. The second kappa shape index (κ2) is 41.3. The Morgan fingerprint density at radius 2 is 1.16 bits per heavy atom. The third-order valence-electron chi connectivity index (χ3n) is 24.9. The molecule has 0 bridgehead atoms. The molecule has 690 valence electrons. The number of pyridine rings is 4. The summed E-state index contributed by atoms with van der Waals surface area (Å²) in [4.78, 5) is 96.0. The van der Waals surface area contributed by atoms with Crippen LogP contribution in [-0.4, -0.2) is 181 Å². The molecule has 3 aliphatic heterocycles. The summed E-state index contributed by atoms with van der Waals surface area (Å²) in [6, 6.07) is 53.8. The third kappa shape index (κ3) is 20.7. The first kappa shape index (κ1) is 92.2. The van der Waals surface area contributed by atoms with Crippen LogP contribution in [0.1, 0.15) is 95.7 Å². The maximum absolute atomic E-state index is 15.7. The van der Waals surface area contributed by atoms with E-state index in [0.717, 1.165) is 111 Å². The number of sulfone groups is 1. The number of thiazole rings is 2. The summed E-state index contributed by atoms with van der Waals surface area (Å²) < 4.78 is 76.7. The van der Waals surface area contributed by atoms with E-state index < -0.39 is 37.3 Å². The van der Waals surface area contributed by atoms with Crippen LogP contribution in [0.3, 0.4) is 0 Å². The molecule has 1 aliphatic carbocycles. The largest absolute Gasteiger partial charge is 0.369 e. The number of nitrogens with zero attached hydrogens (tertiary/aromatic N) is 17. The fourth-order valence-electron chi connectivity index (χ4n) is 17.6. The first-order valence-corrected chi connectivity index (χ1v) is 50.5. The quantitative estimate of drug-likeness (QED) is 0.0336. The second-order valence-electron chi connectivity index (χ2n) is 34.3. The number of halogens is 1. The van der Waals surface area contributed by atoms with E-state index in [2.05, 4.69) is 122 Å². The summed E-state index contributed by atoms with van der Waals surface area (Å²) in [5.74, 6) is 2.55. The van der Waals surface area contributed by atoms with Gasteiger partial charge < -0.3 is 45.9 Å². The van der Waals surface area contributed by atoms with Gasteiger partial charge in [-0.3, -0.25) is 37.3 Å². The molecule has 16 aromatic rings. The van der Waals surface area contributed by atoms with Crippen molar-refractivity contribution in [1.82, 2.24) is 88.5 Å². The number of piperidine rings is 1. The molecular weight excluding hydrogens is 1800 g/mol. The Morgan fingerprint density at radius 3 is 1.76 bits per heavy atom. The number of imidazole rings is 1. The standard InChI is InChI=1S/C36H32FN7O2S.C34H34N6O3S2.C30H35N9O2S2/c1-24-5-2-3-6-29(24)30-21-25-22-40-36(41-26-9-11-27(12-10-26)43-19-17-39-18-20-43)42-34(25)44(35(30)45)23-31-32(37)7-4-8-33(31)47(46)28-13-15-38-16-14-28;1-22-7-5-11-28(22)29-17-25-19-36-34(38-26-14-12-23(13-15-26)24-8-6-16-35-18-24)39-31(25)40(33(29)41)20-30-32(37-21-44-30)45(42,43)27-9-3-2-4-10-27;1-36(2)13-14-43(41)29-25(33-19-42-29)18-39-26-22(15-24(28(39)40)27-31-10-12-38(27)4)16-32-30(35-26)34-23-7-5-20(6-8-23)21-9-11-37(3)17-21/h2-16,21-22,39H,17-20,23H2,1H3,(H,40,41,42);2-4,9-10,12-15,17,19,21,24,35H,5-8,11,16,18,20H2,1H3,(H,36,38,39);5-8,10,12,15-16,19,21H,9,11,13-14,17-18H2,1-4H3,(H,32,34,35). The fraction of sp³-hybridized carbons (Fsp3) is 0.270. The van der Waals surface area contributed by atoms with Crippen molar-refractivity contribution >= 4 is 133 Å². The number of piperazine rings is 1. The molecule has 29 nitrogen and oxygen atoms in total. The number of anilines is 7. The lowest BCUT2D eigenvalue weighted by atomic mass is 9.92. The molecule has 0 amide bonds. The summed E-state index contributed by atoms with van der Waals surface area (Å²) in [6.45, 7) is 12.7. The van der Waals surface area contributed by atoms with Gasteiger partial charge in [-0.2, -0.15) is 15.0 Å². The highest BCUT2D eigenvalue weighted by molar-refractivity contribution is 7.91. The summed E-state index contributed by atoms with van der Waals surface area (Å²) in [5.41, 5.74) is 16.0. The monoisotopic (exact) mass is 1900 g/mol. The molecular formula is C100H101FN22O7S5. The number of benzene rings is 6. The van der Waals surface area contributed by atoms with E-state index >= 15 is 4.39 Å². The highest BCUT2D eigenvalue weighted by Crippen LogP contribution is 2.37. The van der Waals surface area contributed by atoms with Gasteiger partial charge in [0.25, 0.3) is 16.7 Å². The van der Waals surface area contributed by atoms with Crippen LogP contribution in [0, 0.1) is 12.7 Å². The summed E-state index contributed by atoms with van der Waals surface area (Å²) in [7, 11) is 1.08. The molecule has 13 heterocycles. The molecule has 10 aromatic heterocycles. The number of fused-ring (bicyclic) bond motifs is 3. The van der Waals surface area contributed by atoms with E-state index in [1.807, 2.05) is 104 Å². The number of nitrogens with one attached hydrogen (secondary N) is 5. The molecule has 3 saturated heterocycles. The zero-order chi connectivity index (χ0) is 93.4. The number of aryl methyl sites for hydroxylation is 2. The van der Waals surface area contributed by atoms with Gasteiger partial charge in [-0.05, 0) is 229 Å². The number of aromatic nitrogens is 14. The van der Waals surface area contributed by atoms with Crippen molar-refractivity contribution in [2.75, 3.05) is 107 Å². The Bertz CT molecular complexity index is 7430. The van der Waals surface area contributed by atoms with Crippen molar-refractivity contribution in [1.29, 1.82) is 0 Å². The summed E-state index contributed by atoms with van der Waals surface area (Å²) in [5, 5.41) is 18.7. The van der Waals surface area contributed by atoms with E-state index in [4.69, 9.17) is 15.0 Å². The van der Waals surface area contributed by atoms with Crippen molar-refractivity contribution in [3.05, 3.63) is 311 Å². The topological polar surface area (TPSA) is 338 Å². The average Bonchev–Trinajstić information content (AvgIpc) is 1.44. The number of allylic oxidation sites excluding steroid dienone is 2. The van der Waals surface area contributed by atoms with Crippen LogP contribution in [-0.2, 0) is 58.1 Å². The number of hydrogen-bond acceptors (Lipinski definition) is 27. The predicted molar refractivity (Wildman–Crippen MR) is 533 cm³/mol. The average molecular weight is 1900 g/mol. The van der Waals surface area contributed by atoms with Crippen molar-refractivity contribution in [2.45, 2.75) is 108 Å². The van der Waals surface area contributed by atoms with Crippen molar-refractivity contribution < 1.29 is 21.2 Å². The maximum Gasteiger partial charge on any atom is 0.263 e. The van der Waals surface area contributed by atoms with Gasteiger partial charge in [0.05, 0.1) is 78.2 Å². The molecule has 4 aliphatic rings. The van der Waals surface area contributed by atoms with Gasteiger partial charge in [0.1, 0.15) is 32.8 Å². The van der Waals surface area contributed by atoms with E-state index in [0.29, 0.717) is 117 Å².